The Morgan fingerprint density at radius 2 is 1.62 bits per heavy atom. The average molecular weight is 495 g/mol. The molecule has 4 N–H and O–H groups in total. The zero-order valence-corrected chi connectivity index (χ0v) is 21.6. The minimum absolute atomic E-state index is 0.0415. The fraction of sp³-hybridized carbons (Fsp3) is 0.818. The molecule has 0 aromatic rings. The Hall–Kier alpha value is -0.780. The number of rotatable bonds is 10. The highest BCUT2D eigenvalue weighted by Crippen LogP contribution is 2.34. The van der Waals surface area contributed by atoms with E-state index in [9.17, 15) is 19.8 Å². The van der Waals surface area contributed by atoms with Gasteiger partial charge in [0, 0.05) is 25.6 Å². The summed E-state index contributed by atoms with van der Waals surface area (Å²) in [7, 11) is 0. The molecule has 0 bridgehead atoms. The van der Waals surface area contributed by atoms with Gasteiger partial charge in [-0.15, -0.1) is 11.8 Å². The quantitative estimate of drug-likeness (QED) is 0.231. The van der Waals surface area contributed by atoms with Crippen LogP contribution in [0.5, 0.6) is 0 Å². The Morgan fingerprint density at radius 3 is 2.03 bits per heavy atom. The highest BCUT2D eigenvalue weighted by molar-refractivity contribution is 8.00. The van der Waals surface area contributed by atoms with Crippen molar-refractivity contribution in [3.05, 3.63) is 12.2 Å². The first-order chi connectivity index (χ1) is 15.0. The van der Waals surface area contributed by atoms with E-state index in [1.54, 1.807) is 18.7 Å². The van der Waals surface area contributed by atoms with Crippen molar-refractivity contribution in [2.24, 2.45) is 0 Å². The number of aliphatic hydroxyl groups excluding tert-OH is 2. The number of hydrogen-bond acceptors (Lipinski definition) is 8. The third-order valence-corrected chi connectivity index (χ3v) is 6.64. The number of β-amino-alcohol motifs (C(OH)–C–C–N with tert-alkyl or cyclic N) is 2. The van der Waals surface area contributed by atoms with Gasteiger partial charge in [0.2, 0.25) is 11.8 Å². The van der Waals surface area contributed by atoms with Gasteiger partial charge in [-0.05, 0) is 44.3 Å². The van der Waals surface area contributed by atoms with Gasteiger partial charge in [-0.3, -0.25) is 9.59 Å². The van der Waals surface area contributed by atoms with Crippen LogP contribution in [0.25, 0.3) is 0 Å². The number of unbranched alkanes of at least 4 members (excludes halogenated alkanes) is 2. The molecule has 0 spiro atoms. The maximum absolute atomic E-state index is 11.9. The fourth-order valence-corrected chi connectivity index (χ4v) is 4.90. The molecule has 2 rings (SSSR count). The molecule has 2 aliphatic heterocycles. The normalized spacial score (nSPS) is 26.7. The van der Waals surface area contributed by atoms with Crippen molar-refractivity contribution in [3.63, 3.8) is 0 Å². The summed E-state index contributed by atoms with van der Waals surface area (Å²) in [4.78, 5) is 25.5. The molecule has 10 heteroatoms. The first-order valence-electron chi connectivity index (χ1n) is 11.2. The summed E-state index contributed by atoms with van der Waals surface area (Å²) >= 11 is 5.62. The highest BCUT2D eigenvalue weighted by Gasteiger charge is 2.46. The maximum atomic E-state index is 11.9. The van der Waals surface area contributed by atoms with E-state index in [2.05, 4.69) is 26.5 Å². The predicted molar refractivity (Wildman–Crippen MR) is 133 cm³/mol. The lowest BCUT2D eigenvalue weighted by molar-refractivity contribution is -0.143. The molecule has 0 aromatic carbocycles. The van der Waals surface area contributed by atoms with E-state index in [4.69, 9.17) is 10.2 Å². The van der Waals surface area contributed by atoms with Crippen LogP contribution in [0.4, 0.5) is 0 Å². The van der Waals surface area contributed by atoms with E-state index in [0.29, 0.717) is 6.42 Å². The van der Waals surface area contributed by atoms with Crippen molar-refractivity contribution in [2.45, 2.75) is 76.5 Å². The highest BCUT2D eigenvalue weighted by atomic mass is 32.2. The maximum Gasteiger partial charge on any atom is 0.248 e. The lowest BCUT2D eigenvalue weighted by atomic mass is 10.2. The van der Waals surface area contributed by atoms with E-state index >= 15 is 0 Å². The number of aliphatic hydroxyl groups is 4. The topological polar surface area (TPSA) is 122 Å². The van der Waals surface area contributed by atoms with Gasteiger partial charge in [-0.2, -0.15) is 12.6 Å². The minimum atomic E-state index is -1.22. The fourth-order valence-electron chi connectivity index (χ4n) is 3.14. The second-order valence-corrected chi connectivity index (χ2v) is 9.82. The molecule has 8 nitrogen and oxygen atoms in total. The summed E-state index contributed by atoms with van der Waals surface area (Å²) in [5, 5.41) is 36.8. The van der Waals surface area contributed by atoms with E-state index < -0.39 is 11.4 Å². The molecule has 2 aliphatic rings. The second kappa shape index (κ2) is 16.0. The molecule has 2 amide bonds. The number of nitrogens with zero attached hydrogens (tertiary/aromatic N) is 2. The summed E-state index contributed by atoms with van der Waals surface area (Å²) in [6, 6.07) is 0. The van der Waals surface area contributed by atoms with Crippen molar-refractivity contribution in [3.8, 4) is 0 Å². The number of hydrogen-bond donors (Lipinski definition) is 5. The Balaban J connectivity index is 0.000000518. The third kappa shape index (κ3) is 10.4. The van der Waals surface area contributed by atoms with Gasteiger partial charge in [-0.1, -0.05) is 26.7 Å². The van der Waals surface area contributed by atoms with Gasteiger partial charge in [0.05, 0.1) is 18.5 Å². The van der Waals surface area contributed by atoms with Crippen LogP contribution in [0.1, 0.15) is 59.8 Å². The smallest absolute Gasteiger partial charge is 0.248 e. The Labute approximate surface area is 202 Å². The van der Waals surface area contributed by atoms with Crippen LogP contribution in [0, 0.1) is 0 Å². The third-order valence-electron chi connectivity index (χ3n) is 5.03. The van der Waals surface area contributed by atoms with Crippen LogP contribution >= 0.6 is 24.4 Å². The molecule has 0 radical (unpaired) electrons. The van der Waals surface area contributed by atoms with E-state index in [0.717, 1.165) is 24.3 Å². The molecule has 0 saturated carbocycles. The Morgan fingerprint density at radius 1 is 1.06 bits per heavy atom. The first-order valence-corrected chi connectivity index (χ1v) is 12.9. The lowest BCUT2D eigenvalue weighted by Gasteiger charge is -2.28. The molecule has 3 atom stereocenters. The molecular formula is C22H42N2O6S2. The van der Waals surface area contributed by atoms with Crippen molar-refractivity contribution < 1.29 is 30.0 Å². The molecule has 1 saturated heterocycles. The zero-order chi connectivity index (χ0) is 24.8. The zero-order valence-electron chi connectivity index (χ0n) is 19.9. The van der Waals surface area contributed by atoms with Gasteiger partial charge in [0.15, 0.2) is 5.72 Å². The summed E-state index contributed by atoms with van der Waals surface area (Å²) in [6.45, 7) is 7.57. The number of carbonyl (C=O) groups is 2. The molecule has 0 aromatic heterocycles. The van der Waals surface area contributed by atoms with Gasteiger partial charge in [0.25, 0.3) is 0 Å². The van der Waals surface area contributed by atoms with E-state index in [-0.39, 0.29) is 43.4 Å². The van der Waals surface area contributed by atoms with Crippen molar-refractivity contribution >= 4 is 36.2 Å². The Bertz CT molecular complexity index is 585. The second-order valence-electron chi connectivity index (χ2n) is 8.07. The van der Waals surface area contributed by atoms with Crippen LogP contribution in [0.3, 0.4) is 0 Å². The molecule has 3 unspecified atom stereocenters. The summed E-state index contributed by atoms with van der Waals surface area (Å²) < 4.78 is 0. The van der Waals surface area contributed by atoms with Crippen molar-refractivity contribution in [1.29, 1.82) is 0 Å². The van der Waals surface area contributed by atoms with Crippen LogP contribution in [-0.4, -0.2) is 96.5 Å². The van der Waals surface area contributed by atoms with Crippen LogP contribution in [0.2, 0.25) is 0 Å². The van der Waals surface area contributed by atoms with Crippen LogP contribution in [0.15, 0.2) is 12.2 Å². The van der Waals surface area contributed by atoms with Crippen LogP contribution < -0.4 is 0 Å². The minimum Gasteiger partial charge on any atom is -0.395 e. The molecule has 188 valence electrons. The van der Waals surface area contributed by atoms with Crippen molar-refractivity contribution in [2.75, 3.05) is 37.8 Å². The number of carbonyl (C=O) groups excluding carboxylic acids is 2. The van der Waals surface area contributed by atoms with E-state index in [1.165, 1.54) is 41.7 Å². The molecule has 1 fully saturated rings. The van der Waals surface area contributed by atoms with Crippen LogP contribution in [-0.2, 0) is 9.59 Å². The average Bonchev–Trinajstić information content (AvgIpc) is 3.11. The predicted octanol–water partition coefficient (Wildman–Crippen LogP) is 1.62. The number of thiol groups is 1. The summed E-state index contributed by atoms with van der Waals surface area (Å²) in [5.41, 5.74) is -2.32. The summed E-state index contributed by atoms with van der Waals surface area (Å²) in [6.07, 6.45) is 7.90. The lowest BCUT2D eigenvalue weighted by Crippen LogP contribution is -2.45. The van der Waals surface area contributed by atoms with Gasteiger partial charge in [0.1, 0.15) is 5.72 Å². The molecular weight excluding hydrogens is 452 g/mol. The SMILES string of the molecule is CC1(O)C=CC(=O)N1CCO.CCCCS.CCCCSC1CC(C)(O)N(CCO)C1=O. The number of amides is 2. The monoisotopic (exact) mass is 494 g/mol. The number of thioether (sulfide) groups is 1. The van der Waals surface area contributed by atoms with Crippen molar-refractivity contribution in [1.82, 2.24) is 9.80 Å². The Kier molecular flexibility index (Phi) is 15.6. The summed E-state index contributed by atoms with van der Waals surface area (Å²) in [5.74, 6) is 1.69. The van der Waals surface area contributed by atoms with Gasteiger partial charge >= 0.3 is 0 Å². The molecule has 2 heterocycles. The van der Waals surface area contributed by atoms with Gasteiger partial charge < -0.3 is 30.2 Å². The molecule has 0 aliphatic carbocycles. The van der Waals surface area contributed by atoms with Gasteiger partial charge in [-0.25, -0.2) is 0 Å². The number of likely N-dealkylation sites (tertiary alicyclic amines) is 1. The molecule has 32 heavy (non-hydrogen) atoms. The standard InChI is InChI=1S/C11H21NO3S.C7H11NO3.C4H10S/c1-3-4-7-16-9-8-11(2,15)12(5-6-13)10(9)14;1-7(11)3-2-6(10)8(7)4-5-9;1-2-3-4-5/h9,13,15H,3-8H2,1-2H3;2-3,9,11H,4-5H2,1H3;5H,2-4H2,1H3. The van der Waals surface area contributed by atoms with E-state index in [1.807, 2.05) is 0 Å². The largest absolute Gasteiger partial charge is 0.395 e. The first kappa shape index (κ1) is 31.2.